The molecule has 0 aromatic carbocycles. The number of ether oxygens (including phenoxy) is 1. The lowest BCUT2D eigenvalue weighted by Gasteiger charge is -2.40. The quantitative estimate of drug-likeness (QED) is 0.837. The number of rotatable bonds is 3. The molecule has 2 aliphatic rings. The molecule has 1 saturated heterocycles. The maximum Gasteiger partial charge on any atom is 0.329 e. The molecule has 0 aromatic heterocycles. The van der Waals surface area contributed by atoms with Crippen molar-refractivity contribution in [2.24, 2.45) is 17.8 Å². The summed E-state index contributed by atoms with van der Waals surface area (Å²) in [7, 11) is 0. The van der Waals surface area contributed by atoms with Crippen LogP contribution in [-0.2, 0) is 14.3 Å². The van der Waals surface area contributed by atoms with Gasteiger partial charge in [0.25, 0.3) is 0 Å². The molecular formula is C16H27NO4. The Morgan fingerprint density at radius 3 is 2.29 bits per heavy atom. The van der Waals surface area contributed by atoms with Gasteiger partial charge in [0.15, 0.2) is 0 Å². The topological polar surface area (TPSA) is 75.6 Å². The van der Waals surface area contributed by atoms with Crippen LogP contribution in [0.25, 0.3) is 0 Å². The van der Waals surface area contributed by atoms with Crippen LogP contribution in [0.2, 0.25) is 0 Å². The van der Waals surface area contributed by atoms with E-state index in [9.17, 15) is 14.7 Å². The van der Waals surface area contributed by atoms with Crippen LogP contribution in [0.4, 0.5) is 0 Å². The second-order valence-electron chi connectivity index (χ2n) is 6.84. The Morgan fingerprint density at radius 2 is 1.81 bits per heavy atom. The van der Waals surface area contributed by atoms with Crippen LogP contribution < -0.4 is 5.32 Å². The SMILES string of the molecule is CC1OC(C)C(C(=O)NC2(C(=O)O)CCCCC2C)C1C. The number of carbonyl (C=O) groups excluding carboxylic acids is 1. The standard InChI is InChI=1S/C16H27NO4/c1-9-7-5-6-8-16(9,15(19)20)17-14(18)13-10(2)11(3)21-12(13)4/h9-13H,5-8H2,1-4H3,(H,17,18)(H,19,20). The summed E-state index contributed by atoms with van der Waals surface area (Å²) in [6, 6.07) is 0. The van der Waals surface area contributed by atoms with Crippen LogP contribution >= 0.6 is 0 Å². The molecule has 5 heteroatoms. The van der Waals surface area contributed by atoms with E-state index in [4.69, 9.17) is 4.74 Å². The zero-order valence-electron chi connectivity index (χ0n) is 13.4. The summed E-state index contributed by atoms with van der Waals surface area (Å²) in [5.41, 5.74) is -1.11. The van der Waals surface area contributed by atoms with Gasteiger partial charge in [-0.05, 0) is 38.5 Å². The third kappa shape index (κ3) is 2.80. The van der Waals surface area contributed by atoms with Gasteiger partial charge in [-0.3, -0.25) is 4.79 Å². The molecule has 1 amide bonds. The average Bonchev–Trinajstić information content (AvgIpc) is 2.65. The van der Waals surface area contributed by atoms with E-state index in [0.29, 0.717) is 6.42 Å². The van der Waals surface area contributed by atoms with E-state index in [1.807, 2.05) is 27.7 Å². The van der Waals surface area contributed by atoms with Crippen molar-refractivity contribution in [1.29, 1.82) is 0 Å². The van der Waals surface area contributed by atoms with E-state index in [0.717, 1.165) is 19.3 Å². The van der Waals surface area contributed by atoms with Gasteiger partial charge in [-0.25, -0.2) is 4.79 Å². The van der Waals surface area contributed by atoms with Crippen molar-refractivity contribution in [2.45, 2.75) is 71.1 Å². The zero-order valence-corrected chi connectivity index (χ0v) is 13.4. The number of hydrogen-bond acceptors (Lipinski definition) is 3. The number of hydrogen-bond donors (Lipinski definition) is 2. The molecule has 1 heterocycles. The third-order valence-corrected chi connectivity index (χ3v) is 5.57. The molecule has 0 radical (unpaired) electrons. The second kappa shape index (κ2) is 5.95. The predicted molar refractivity (Wildman–Crippen MR) is 78.8 cm³/mol. The van der Waals surface area contributed by atoms with E-state index in [2.05, 4.69) is 5.32 Å². The Kier molecular flexibility index (Phi) is 4.61. The highest BCUT2D eigenvalue weighted by atomic mass is 16.5. The fourth-order valence-electron chi connectivity index (χ4n) is 3.93. The number of nitrogens with one attached hydrogen (secondary N) is 1. The minimum Gasteiger partial charge on any atom is -0.479 e. The van der Waals surface area contributed by atoms with Gasteiger partial charge in [0.1, 0.15) is 5.54 Å². The van der Waals surface area contributed by atoms with Gasteiger partial charge in [0.2, 0.25) is 5.91 Å². The smallest absolute Gasteiger partial charge is 0.329 e. The maximum atomic E-state index is 12.7. The number of carboxylic acid groups (broad SMARTS) is 1. The summed E-state index contributed by atoms with van der Waals surface area (Å²) in [5, 5.41) is 12.6. The molecule has 1 saturated carbocycles. The van der Waals surface area contributed by atoms with Crippen LogP contribution in [0, 0.1) is 17.8 Å². The van der Waals surface area contributed by atoms with Gasteiger partial charge in [-0.1, -0.05) is 26.7 Å². The van der Waals surface area contributed by atoms with E-state index < -0.39 is 11.5 Å². The van der Waals surface area contributed by atoms with Crippen LogP contribution in [0.1, 0.15) is 53.4 Å². The fraction of sp³-hybridized carbons (Fsp3) is 0.875. The lowest BCUT2D eigenvalue weighted by Crippen LogP contribution is -2.61. The van der Waals surface area contributed by atoms with Crippen LogP contribution in [-0.4, -0.2) is 34.7 Å². The average molecular weight is 297 g/mol. The predicted octanol–water partition coefficient (Wildman–Crippen LogP) is 2.20. The first-order valence-electron chi connectivity index (χ1n) is 8.00. The van der Waals surface area contributed by atoms with Gasteiger partial charge in [-0.15, -0.1) is 0 Å². The number of amides is 1. The van der Waals surface area contributed by atoms with Crippen molar-refractivity contribution in [2.75, 3.05) is 0 Å². The van der Waals surface area contributed by atoms with Crippen molar-refractivity contribution in [3.8, 4) is 0 Å². The molecule has 0 spiro atoms. The molecule has 6 unspecified atom stereocenters. The minimum absolute atomic E-state index is 0.0281. The monoisotopic (exact) mass is 297 g/mol. The summed E-state index contributed by atoms with van der Waals surface area (Å²) >= 11 is 0. The fourth-order valence-corrected chi connectivity index (χ4v) is 3.93. The molecule has 21 heavy (non-hydrogen) atoms. The Bertz CT molecular complexity index is 425. The largest absolute Gasteiger partial charge is 0.479 e. The lowest BCUT2D eigenvalue weighted by molar-refractivity contribution is -0.153. The first-order valence-corrected chi connectivity index (χ1v) is 8.00. The number of carbonyl (C=O) groups is 2. The molecule has 2 fully saturated rings. The molecule has 6 atom stereocenters. The normalized spacial score (nSPS) is 43.5. The van der Waals surface area contributed by atoms with E-state index in [1.165, 1.54) is 0 Å². The molecular weight excluding hydrogens is 270 g/mol. The number of carboxylic acids is 1. The highest BCUT2D eigenvalue weighted by molar-refractivity contribution is 5.89. The van der Waals surface area contributed by atoms with Crippen molar-refractivity contribution >= 4 is 11.9 Å². The van der Waals surface area contributed by atoms with Gasteiger partial charge < -0.3 is 15.2 Å². The highest BCUT2D eigenvalue weighted by Gasteiger charge is 2.49. The summed E-state index contributed by atoms with van der Waals surface area (Å²) in [6.45, 7) is 7.77. The van der Waals surface area contributed by atoms with Crippen LogP contribution in [0.5, 0.6) is 0 Å². The molecule has 1 aliphatic heterocycles. The minimum atomic E-state index is -1.11. The Balaban J connectivity index is 2.17. The van der Waals surface area contributed by atoms with Gasteiger partial charge in [0.05, 0.1) is 18.1 Å². The Morgan fingerprint density at radius 1 is 1.14 bits per heavy atom. The second-order valence-corrected chi connectivity index (χ2v) is 6.84. The number of aliphatic carboxylic acids is 1. The van der Waals surface area contributed by atoms with Crippen molar-refractivity contribution in [3.05, 3.63) is 0 Å². The maximum absolute atomic E-state index is 12.7. The van der Waals surface area contributed by atoms with Gasteiger partial charge in [0, 0.05) is 0 Å². The molecule has 120 valence electrons. The Hall–Kier alpha value is -1.10. The third-order valence-electron chi connectivity index (χ3n) is 5.57. The molecule has 2 N–H and O–H groups in total. The first kappa shape index (κ1) is 16.3. The van der Waals surface area contributed by atoms with E-state index in [1.54, 1.807) is 0 Å². The summed E-state index contributed by atoms with van der Waals surface area (Å²) in [5.74, 6) is -1.29. The highest BCUT2D eigenvalue weighted by Crippen LogP contribution is 2.37. The van der Waals surface area contributed by atoms with Crippen molar-refractivity contribution in [1.82, 2.24) is 5.32 Å². The lowest BCUT2D eigenvalue weighted by atomic mass is 9.73. The molecule has 2 rings (SSSR count). The Labute approximate surface area is 126 Å². The molecule has 1 aliphatic carbocycles. The van der Waals surface area contributed by atoms with Gasteiger partial charge >= 0.3 is 5.97 Å². The molecule has 0 bridgehead atoms. The summed E-state index contributed by atoms with van der Waals surface area (Å²) < 4.78 is 5.71. The first-order chi connectivity index (χ1) is 9.79. The van der Waals surface area contributed by atoms with Gasteiger partial charge in [-0.2, -0.15) is 0 Å². The summed E-state index contributed by atoms with van der Waals surface area (Å²) in [6.07, 6.45) is 3.10. The van der Waals surface area contributed by atoms with E-state index in [-0.39, 0.29) is 35.9 Å². The molecule has 5 nitrogen and oxygen atoms in total. The van der Waals surface area contributed by atoms with E-state index >= 15 is 0 Å². The van der Waals surface area contributed by atoms with Crippen molar-refractivity contribution in [3.63, 3.8) is 0 Å². The van der Waals surface area contributed by atoms with Crippen LogP contribution in [0.3, 0.4) is 0 Å². The summed E-state index contributed by atoms with van der Waals surface area (Å²) in [4.78, 5) is 24.5. The molecule has 0 aromatic rings. The van der Waals surface area contributed by atoms with Crippen LogP contribution in [0.15, 0.2) is 0 Å². The zero-order chi connectivity index (χ0) is 15.8. The van der Waals surface area contributed by atoms with Crippen molar-refractivity contribution < 1.29 is 19.4 Å².